The maximum Gasteiger partial charge on any atom is 0.407 e. The Labute approximate surface area is 207 Å². The van der Waals surface area contributed by atoms with Gasteiger partial charge < -0.3 is 20.1 Å². The van der Waals surface area contributed by atoms with E-state index < -0.39 is 12.1 Å². The summed E-state index contributed by atoms with van der Waals surface area (Å²) in [4.78, 5) is 37.2. The summed E-state index contributed by atoms with van der Waals surface area (Å²) in [5, 5.41) is 11.7. The lowest BCUT2D eigenvalue weighted by Gasteiger charge is -2.22. The highest BCUT2D eigenvalue weighted by Crippen LogP contribution is 2.44. The van der Waals surface area contributed by atoms with Crippen LogP contribution in [0.4, 0.5) is 4.79 Å². The topological polar surface area (TPSA) is 95.9 Å². The predicted octanol–water partition coefficient (Wildman–Crippen LogP) is 5.04. The zero-order valence-electron chi connectivity index (χ0n) is 20.7. The van der Waals surface area contributed by atoms with E-state index >= 15 is 0 Å². The first-order chi connectivity index (χ1) is 16.9. The maximum atomic E-state index is 12.5. The first-order valence-electron chi connectivity index (χ1n) is 12.5. The molecular formula is C28H36N2O5. The molecule has 0 spiro atoms. The summed E-state index contributed by atoms with van der Waals surface area (Å²) >= 11 is 0. The summed E-state index contributed by atoms with van der Waals surface area (Å²) in [6, 6.07) is 16.5. The molecule has 2 N–H and O–H groups in total. The second-order valence-electron chi connectivity index (χ2n) is 9.21. The zero-order chi connectivity index (χ0) is 25.2. The largest absolute Gasteiger partial charge is 0.481 e. The van der Waals surface area contributed by atoms with Crippen LogP contribution in [0, 0.1) is 5.92 Å². The summed E-state index contributed by atoms with van der Waals surface area (Å²) < 4.78 is 5.57. The van der Waals surface area contributed by atoms with Crippen LogP contribution in [0.1, 0.15) is 63.0 Å². The van der Waals surface area contributed by atoms with Crippen molar-refractivity contribution in [2.45, 2.75) is 51.9 Å². The minimum atomic E-state index is -0.897. The van der Waals surface area contributed by atoms with Gasteiger partial charge in [-0.1, -0.05) is 62.4 Å². The number of carboxylic acids is 1. The van der Waals surface area contributed by atoms with E-state index in [0.717, 1.165) is 12.8 Å². The number of rotatable bonds is 13. The fraction of sp³-hybridized carbons (Fsp3) is 0.464. The van der Waals surface area contributed by atoms with Crippen molar-refractivity contribution in [1.29, 1.82) is 0 Å². The number of hydrogen-bond donors (Lipinski definition) is 2. The van der Waals surface area contributed by atoms with E-state index in [1.165, 1.54) is 22.3 Å². The van der Waals surface area contributed by atoms with Gasteiger partial charge in [-0.3, -0.25) is 9.59 Å². The highest BCUT2D eigenvalue weighted by atomic mass is 16.5. The summed E-state index contributed by atoms with van der Waals surface area (Å²) in [7, 11) is 0. The number of nitrogens with zero attached hydrogens (tertiary/aromatic N) is 1. The molecule has 35 heavy (non-hydrogen) atoms. The molecule has 7 nitrogen and oxygen atoms in total. The molecule has 0 fully saturated rings. The summed E-state index contributed by atoms with van der Waals surface area (Å²) in [5.41, 5.74) is 4.75. The van der Waals surface area contributed by atoms with Crippen molar-refractivity contribution in [2.24, 2.45) is 5.92 Å². The molecule has 2 aromatic rings. The van der Waals surface area contributed by atoms with Crippen LogP contribution in [-0.4, -0.2) is 54.2 Å². The number of aliphatic carboxylic acids is 1. The Morgan fingerprint density at radius 3 is 2.20 bits per heavy atom. The molecule has 0 aliphatic heterocycles. The average Bonchev–Trinajstić information content (AvgIpc) is 3.17. The molecule has 0 radical (unpaired) electrons. The predicted molar refractivity (Wildman–Crippen MR) is 135 cm³/mol. The Morgan fingerprint density at radius 1 is 0.971 bits per heavy atom. The van der Waals surface area contributed by atoms with Crippen LogP contribution < -0.4 is 5.32 Å². The fourth-order valence-electron chi connectivity index (χ4n) is 4.60. The Balaban J connectivity index is 1.38. The number of amides is 2. The molecular weight excluding hydrogens is 444 g/mol. The maximum absolute atomic E-state index is 12.5. The molecule has 0 aromatic heterocycles. The van der Waals surface area contributed by atoms with Crippen LogP contribution in [-0.2, 0) is 14.3 Å². The van der Waals surface area contributed by atoms with E-state index in [0.29, 0.717) is 25.9 Å². The number of alkyl carbamates (subject to hydrolysis) is 1. The number of hydrogen-bond acceptors (Lipinski definition) is 4. The number of carboxylic acid groups (broad SMARTS) is 1. The Kier molecular flexibility index (Phi) is 9.70. The lowest BCUT2D eigenvalue weighted by Crippen LogP contribution is -2.34. The monoisotopic (exact) mass is 480 g/mol. The first kappa shape index (κ1) is 26.3. The quantitative estimate of drug-likeness (QED) is 0.418. The third-order valence-electron chi connectivity index (χ3n) is 6.54. The Morgan fingerprint density at radius 2 is 1.60 bits per heavy atom. The van der Waals surface area contributed by atoms with Gasteiger partial charge in [0.1, 0.15) is 6.61 Å². The van der Waals surface area contributed by atoms with Crippen molar-refractivity contribution in [1.82, 2.24) is 10.2 Å². The van der Waals surface area contributed by atoms with E-state index in [1.807, 2.05) is 38.1 Å². The van der Waals surface area contributed by atoms with Crippen LogP contribution >= 0.6 is 0 Å². The van der Waals surface area contributed by atoms with E-state index in [4.69, 9.17) is 9.84 Å². The number of ether oxygens (including phenoxy) is 1. The lowest BCUT2D eigenvalue weighted by molar-refractivity contribution is -0.138. The van der Waals surface area contributed by atoms with Crippen molar-refractivity contribution < 1.29 is 24.2 Å². The second-order valence-corrected chi connectivity index (χ2v) is 9.21. The van der Waals surface area contributed by atoms with Gasteiger partial charge in [-0.05, 0) is 47.4 Å². The number of benzene rings is 2. The molecule has 2 aromatic carbocycles. The van der Waals surface area contributed by atoms with Crippen molar-refractivity contribution >= 4 is 18.0 Å². The average molecular weight is 481 g/mol. The normalized spacial score (nSPS) is 13.0. The van der Waals surface area contributed by atoms with Gasteiger partial charge in [0, 0.05) is 32.0 Å². The molecule has 1 unspecified atom stereocenters. The van der Waals surface area contributed by atoms with Crippen LogP contribution in [0.3, 0.4) is 0 Å². The number of nitrogens with one attached hydrogen (secondary N) is 1. The second kappa shape index (κ2) is 12.9. The highest BCUT2D eigenvalue weighted by molar-refractivity contribution is 5.79. The smallest absolute Gasteiger partial charge is 0.407 e. The standard InChI is InChI=1S/C28H36N2O5/c1-3-17-30(18-15-27(32)33)26(31)13-12-20(2)14-16-29-28(34)35-19-25-23-10-6-4-8-21(23)22-9-5-7-11-24(22)25/h4-11,20,25H,3,12-19H2,1-2H3,(H,29,34)(H,32,33). The van der Waals surface area contributed by atoms with Crippen molar-refractivity contribution in [3.05, 3.63) is 59.7 Å². The molecule has 188 valence electrons. The highest BCUT2D eigenvalue weighted by Gasteiger charge is 2.29. The number of carbonyl (C=O) groups is 3. The van der Waals surface area contributed by atoms with E-state index in [-0.39, 0.29) is 37.3 Å². The third kappa shape index (κ3) is 7.31. The van der Waals surface area contributed by atoms with Crippen LogP contribution in [0.5, 0.6) is 0 Å². The molecule has 0 bridgehead atoms. The van der Waals surface area contributed by atoms with E-state index in [9.17, 15) is 14.4 Å². The summed E-state index contributed by atoms with van der Waals surface area (Å²) in [6.45, 7) is 5.60. The zero-order valence-corrected chi connectivity index (χ0v) is 20.7. The van der Waals surface area contributed by atoms with E-state index in [2.05, 4.69) is 29.6 Å². The Bertz CT molecular complexity index is 976. The van der Waals surface area contributed by atoms with E-state index in [1.54, 1.807) is 4.90 Å². The van der Waals surface area contributed by atoms with Gasteiger partial charge >= 0.3 is 12.1 Å². The molecule has 0 saturated carbocycles. The van der Waals surface area contributed by atoms with Gasteiger partial charge in [0.2, 0.25) is 5.91 Å². The van der Waals surface area contributed by atoms with Gasteiger partial charge in [0.05, 0.1) is 6.42 Å². The molecule has 0 heterocycles. The van der Waals surface area contributed by atoms with Crippen LogP contribution in [0.2, 0.25) is 0 Å². The molecule has 1 aliphatic rings. The van der Waals surface area contributed by atoms with Crippen LogP contribution in [0.25, 0.3) is 11.1 Å². The van der Waals surface area contributed by atoms with Gasteiger partial charge in [-0.15, -0.1) is 0 Å². The van der Waals surface area contributed by atoms with Crippen molar-refractivity contribution in [2.75, 3.05) is 26.2 Å². The summed E-state index contributed by atoms with van der Waals surface area (Å²) in [5.74, 6) is -0.628. The fourth-order valence-corrected chi connectivity index (χ4v) is 4.60. The molecule has 1 aliphatic carbocycles. The minimum Gasteiger partial charge on any atom is -0.481 e. The first-order valence-corrected chi connectivity index (χ1v) is 12.5. The van der Waals surface area contributed by atoms with Crippen molar-refractivity contribution in [3.8, 4) is 11.1 Å². The lowest BCUT2D eigenvalue weighted by atomic mass is 9.98. The minimum absolute atomic E-state index is 0.00977. The van der Waals surface area contributed by atoms with Gasteiger partial charge in [-0.2, -0.15) is 0 Å². The molecule has 3 rings (SSSR count). The van der Waals surface area contributed by atoms with Crippen molar-refractivity contribution in [3.63, 3.8) is 0 Å². The van der Waals surface area contributed by atoms with Gasteiger partial charge in [0.25, 0.3) is 0 Å². The van der Waals surface area contributed by atoms with Gasteiger partial charge in [-0.25, -0.2) is 4.79 Å². The molecule has 2 amide bonds. The van der Waals surface area contributed by atoms with Crippen LogP contribution in [0.15, 0.2) is 48.5 Å². The number of carbonyl (C=O) groups excluding carboxylic acids is 2. The molecule has 1 atom stereocenters. The molecule has 7 heteroatoms. The molecule has 0 saturated heterocycles. The third-order valence-corrected chi connectivity index (χ3v) is 6.54. The van der Waals surface area contributed by atoms with Gasteiger partial charge in [0.15, 0.2) is 0 Å². The Hall–Kier alpha value is -3.35. The summed E-state index contributed by atoms with van der Waals surface area (Å²) in [6.07, 6.45) is 2.14. The number of fused-ring (bicyclic) bond motifs is 3. The SMILES string of the molecule is CCCN(CCC(=O)O)C(=O)CCC(C)CCNC(=O)OCC1c2ccccc2-c2ccccc21.